The summed E-state index contributed by atoms with van der Waals surface area (Å²) in [6, 6.07) is 0. The van der Waals surface area contributed by atoms with Crippen molar-refractivity contribution in [1.82, 2.24) is 5.48 Å². The predicted octanol–water partition coefficient (Wildman–Crippen LogP) is 0.604. The second-order valence-corrected chi connectivity index (χ2v) is 1.95. The monoisotopic (exact) mass is 159 g/mol. The first kappa shape index (κ1) is 9.97. The Labute approximate surface area is 66.1 Å². The number of rotatable bonds is 6. The summed E-state index contributed by atoms with van der Waals surface area (Å²) >= 11 is 0. The van der Waals surface area contributed by atoms with E-state index in [1.807, 2.05) is 6.92 Å². The first-order chi connectivity index (χ1) is 5.16. The van der Waals surface area contributed by atoms with Crippen molar-refractivity contribution in [2.45, 2.75) is 13.8 Å². The fraction of sp³-hybridized carbons (Fsp3) is 0.571. The molecule has 4 nitrogen and oxygen atoms in total. The molecule has 0 radical (unpaired) electrons. The summed E-state index contributed by atoms with van der Waals surface area (Å²) in [5.41, 5.74) is 2.38. The van der Waals surface area contributed by atoms with Gasteiger partial charge in [-0.1, -0.05) is 0 Å². The molecule has 1 N–H and O–H groups in total. The van der Waals surface area contributed by atoms with Crippen molar-refractivity contribution in [2.75, 3.05) is 13.2 Å². The molecule has 0 saturated carbocycles. The molecule has 0 aliphatic carbocycles. The van der Waals surface area contributed by atoms with Gasteiger partial charge in [-0.2, -0.15) is 0 Å². The molecule has 0 atom stereocenters. The van der Waals surface area contributed by atoms with E-state index in [-0.39, 0.29) is 12.4 Å². The van der Waals surface area contributed by atoms with Gasteiger partial charge in [-0.25, -0.2) is 5.48 Å². The van der Waals surface area contributed by atoms with Crippen LogP contribution in [0.5, 0.6) is 0 Å². The fourth-order valence-corrected chi connectivity index (χ4v) is 0.422. The average molecular weight is 159 g/mol. The van der Waals surface area contributed by atoms with Crippen LogP contribution in [0.2, 0.25) is 0 Å². The number of hydroxylamine groups is 1. The molecule has 0 spiro atoms. The number of nitrogens with one attached hydrogen (secondary N) is 1. The third-order valence-corrected chi connectivity index (χ3v) is 0.780. The van der Waals surface area contributed by atoms with E-state index < -0.39 is 0 Å². The molecule has 0 aromatic rings. The van der Waals surface area contributed by atoms with Gasteiger partial charge in [0.1, 0.15) is 6.61 Å². The molecular formula is C7H13NO3. The molecular weight excluding hydrogens is 146 g/mol. The number of hydrogen-bond acceptors (Lipinski definition) is 4. The average Bonchev–Trinajstić information content (AvgIpc) is 1.87. The Morgan fingerprint density at radius 2 is 2.27 bits per heavy atom. The minimum absolute atomic E-state index is 0.0199. The number of hydrogen-bond donors (Lipinski definition) is 1. The zero-order valence-corrected chi connectivity index (χ0v) is 6.85. The maximum Gasteiger partial charge on any atom is 0.203 e. The van der Waals surface area contributed by atoms with Gasteiger partial charge in [-0.3, -0.25) is 9.63 Å². The highest BCUT2D eigenvalue weighted by atomic mass is 16.7. The summed E-state index contributed by atoms with van der Waals surface area (Å²) in [7, 11) is 0. The number of carbonyl (C=O) groups excluding carboxylic acids is 1. The van der Waals surface area contributed by atoms with Crippen LogP contribution in [0.25, 0.3) is 0 Å². The van der Waals surface area contributed by atoms with Crippen molar-refractivity contribution < 1.29 is 14.4 Å². The van der Waals surface area contributed by atoms with E-state index in [0.717, 1.165) is 0 Å². The molecule has 0 heterocycles. The summed E-state index contributed by atoms with van der Waals surface area (Å²) in [5.74, 6) is 0.260. The lowest BCUT2D eigenvalue weighted by atomic mass is 10.5. The SMILES string of the molecule is C=C(NOCC(C)=O)OCC. The molecule has 0 aromatic carbocycles. The Morgan fingerprint density at radius 3 is 2.73 bits per heavy atom. The molecule has 0 rings (SSSR count). The van der Waals surface area contributed by atoms with Crippen molar-refractivity contribution >= 4 is 5.78 Å². The molecule has 11 heavy (non-hydrogen) atoms. The van der Waals surface area contributed by atoms with Crippen molar-refractivity contribution in [3.63, 3.8) is 0 Å². The lowest BCUT2D eigenvalue weighted by molar-refractivity contribution is -0.124. The molecule has 0 fully saturated rings. The Balaban J connectivity index is 3.24. The van der Waals surface area contributed by atoms with Gasteiger partial charge in [0.05, 0.1) is 6.61 Å². The zero-order valence-electron chi connectivity index (χ0n) is 6.85. The topological polar surface area (TPSA) is 47.6 Å². The van der Waals surface area contributed by atoms with Gasteiger partial charge < -0.3 is 4.74 Å². The third-order valence-electron chi connectivity index (χ3n) is 0.780. The van der Waals surface area contributed by atoms with Crippen LogP contribution >= 0.6 is 0 Å². The lowest BCUT2D eigenvalue weighted by Crippen LogP contribution is -2.19. The zero-order chi connectivity index (χ0) is 8.69. The van der Waals surface area contributed by atoms with Crippen LogP contribution in [0.3, 0.4) is 0 Å². The van der Waals surface area contributed by atoms with E-state index >= 15 is 0 Å². The Kier molecular flexibility index (Phi) is 5.20. The van der Waals surface area contributed by atoms with E-state index in [4.69, 9.17) is 4.74 Å². The van der Waals surface area contributed by atoms with Gasteiger partial charge in [0, 0.05) is 0 Å². The highest BCUT2D eigenvalue weighted by Crippen LogP contribution is 1.86. The van der Waals surface area contributed by atoms with E-state index in [0.29, 0.717) is 12.5 Å². The van der Waals surface area contributed by atoms with Crippen molar-refractivity contribution in [1.29, 1.82) is 0 Å². The maximum absolute atomic E-state index is 10.3. The maximum atomic E-state index is 10.3. The smallest absolute Gasteiger partial charge is 0.203 e. The molecule has 0 aromatic heterocycles. The third kappa shape index (κ3) is 6.86. The summed E-state index contributed by atoms with van der Waals surface area (Å²) in [5, 5.41) is 0. The number of ether oxygens (including phenoxy) is 1. The summed E-state index contributed by atoms with van der Waals surface area (Å²) in [6.07, 6.45) is 0. The minimum atomic E-state index is -0.0539. The second kappa shape index (κ2) is 5.73. The highest BCUT2D eigenvalue weighted by molar-refractivity contribution is 5.76. The van der Waals surface area contributed by atoms with E-state index in [1.165, 1.54) is 6.92 Å². The van der Waals surface area contributed by atoms with Gasteiger partial charge >= 0.3 is 0 Å². The van der Waals surface area contributed by atoms with Crippen molar-refractivity contribution in [2.24, 2.45) is 0 Å². The quantitative estimate of drug-likeness (QED) is 0.455. The van der Waals surface area contributed by atoms with Crippen molar-refractivity contribution in [3.05, 3.63) is 12.5 Å². The summed E-state index contributed by atoms with van der Waals surface area (Å²) in [6.45, 7) is 7.28. The fourth-order valence-electron chi connectivity index (χ4n) is 0.422. The van der Waals surface area contributed by atoms with E-state index in [2.05, 4.69) is 16.9 Å². The largest absolute Gasteiger partial charge is 0.478 e. The molecule has 0 aliphatic rings. The van der Waals surface area contributed by atoms with Crippen LogP contribution < -0.4 is 5.48 Å². The summed E-state index contributed by atoms with van der Waals surface area (Å²) in [4.78, 5) is 15.0. The number of Topliss-reactive ketones (excluding diaryl/α,β-unsaturated/α-hetero) is 1. The molecule has 4 heteroatoms. The summed E-state index contributed by atoms with van der Waals surface area (Å²) < 4.78 is 4.88. The van der Waals surface area contributed by atoms with Crippen LogP contribution in [0, 0.1) is 0 Å². The molecule has 0 saturated heterocycles. The van der Waals surface area contributed by atoms with Gasteiger partial charge in [0.2, 0.25) is 5.88 Å². The second-order valence-electron chi connectivity index (χ2n) is 1.95. The normalized spacial score (nSPS) is 8.91. The molecule has 0 bridgehead atoms. The Morgan fingerprint density at radius 1 is 1.64 bits per heavy atom. The predicted molar refractivity (Wildman–Crippen MR) is 40.5 cm³/mol. The first-order valence-corrected chi connectivity index (χ1v) is 3.35. The number of ketones is 1. The van der Waals surface area contributed by atoms with Gasteiger partial charge in [-0.15, -0.1) is 0 Å². The van der Waals surface area contributed by atoms with E-state index in [9.17, 15) is 4.79 Å². The van der Waals surface area contributed by atoms with Crippen LogP contribution in [0.4, 0.5) is 0 Å². The molecule has 0 amide bonds. The first-order valence-electron chi connectivity index (χ1n) is 3.35. The molecule has 0 aliphatic heterocycles. The van der Waals surface area contributed by atoms with Gasteiger partial charge in [0.15, 0.2) is 5.78 Å². The molecule has 0 unspecified atom stereocenters. The van der Waals surface area contributed by atoms with E-state index in [1.54, 1.807) is 0 Å². The highest BCUT2D eigenvalue weighted by Gasteiger charge is 1.94. The minimum Gasteiger partial charge on any atom is -0.478 e. The lowest BCUT2D eigenvalue weighted by Gasteiger charge is -2.07. The van der Waals surface area contributed by atoms with Crippen LogP contribution in [-0.4, -0.2) is 19.0 Å². The van der Waals surface area contributed by atoms with Gasteiger partial charge in [0.25, 0.3) is 0 Å². The standard InChI is InChI=1S/C7H13NO3/c1-4-10-7(3)8-11-5-6(2)9/h8H,3-5H2,1-2H3. The Hall–Kier alpha value is -1.03. The van der Waals surface area contributed by atoms with Crippen molar-refractivity contribution in [3.8, 4) is 0 Å². The van der Waals surface area contributed by atoms with Crippen LogP contribution in [0.15, 0.2) is 12.5 Å². The number of carbonyl (C=O) groups is 1. The Bertz CT molecular complexity index is 145. The van der Waals surface area contributed by atoms with Crippen LogP contribution in [-0.2, 0) is 14.4 Å². The van der Waals surface area contributed by atoms with Gasteiger partial charge in [-0.05, 0) is 20.4 Å². The van der Waals surface area contributed by atoms with Crippen LogP contribution in [0.1, 0.15) is 13.8 Å². The molecule has 64 valence electrons.